The first-order valence-corrected chi connectivity index (χ1v) is 9.32. The van der Waals surface area contributed by atoms with Gasteiger partial charge in [0, 0.05) is 32.6 Å². The predicted molar refractivity (Wildman–Crippen MR) is 86.2 cm³/mol. The molecule has 1 fully saturated rings. The minimum absolute atomic E-state index is 0.0753. The van der Waals surface area contributed by atoms with E-state index in [9.17, 15) is 18.0 Å². The Balaban J connectivity index is 2.62. The van der Waals surface area contributed by atoms with Crippen molar-refractivity contribution < 1.29 is 22.7 Å². The lowest BCUT2D eigenvalue weighted by atomic mass is 10.2. The van der Waals surface area contributed by atoms with E-state index in [-0.39, 0.29) is 25.4 Å². The normalized spacial score (nSPS) is 19.1. The Hall–Kier alpha value is -1.35. The second kappa shape index (κ2) is 7.48. The average Bonchev–Trinajstić information content (AvgIpc) is 2.73. The van der Waals surface area contributed by atoms with E-state index in [1.807, 2.05) is 6.92 Å². The third-order valence-electron chi connectivity index (χ3n) is 3.43. The highest BCUT2D eigenvalue weighted by Crippen LogP contribution is 2.17. The van der Waals surface area contributed by atoms with Crippen LogP contribution >= 0.6 is 0 Å². The van der Waals surface area contributed by atoms with Gasteiger partial charge in [0.15, 0.2) is 0 Å². The molecule has 1 aliphatic rings. The number of amides is 2. The van der Waals surface area contributed by atoms with Crippen LogP contribution < -0.4 is 5.14 Å². The van der Waals surface area contributed by atoms with Crippen molar-refractivity contribution in [2.24, 2.45) is 5.14 Å². The molecule has 1 rings (SSSR count). The van der Waals surface area contributed by atoms with Crippen molar-refractivity contribution in [3.8, 4) is 0 Å². The van der Waals surface area contributed by atoms with Gasteiger partial charge in [0.2, 0.25) is 15.9 Å². The molecule has 1 saturated heterocycles. The molecule has 23 heavy (non-hydrogen) atoms. The molecule has 134 valence electrons. The highest BCUT2D eigenvalue weighted by atomic mass is 32.2. The van der Waals surface area contributed by atoms with E-state index in [2.05, 4.69) is 0 Å². The third-order valence-corrected chi connectivity index (χ3v) is 4.67. The number of ether oxygens (including phenoxy) is 1. The SMILES string of the molecule is CCCN(CCN1CC(S(N)(=O)=O)CC1=O)C(=O)OC(C)(C)C. The topological polar surface area (TPSA) is 110 Å². The highest BCUT2D eigenvalue weighted by Gasteiger charge is 2.36. The molecule has 2 N–H and O–H groups in total. The Kier molecular flexibility index (Phi) is 6.41. The summed E-state index contributed by atoms with van der Waals surface area (Å²) in [6.45, 7) is 8.45. The van der Waals surface area contributed by atoms with E-state index in [1.165, 1.54) is 9.80 Å². The van der Waals surface area contributed by atoms with E-state index in [1.54, 1.807) is 20.8 Å². The molecule has 1 aliphatic heterocycles. The van der Waals surface area contributed by atoms with E-state index < -0.39 is 27.0 Å². The van der Waals surface area contributed by atoms with Crippen LogP contribution in [-0.2, 0) is 19.6 Å². The van der Waals surface area contributed by atoms with Gasteiger partial charge in [-0.2, -0.15) is 0 Å². The van der Waals surface area contributed by atoms with Crippen molar-refractivity contribution in [2.45, 2.75) is 51.4 Å². The fourth-order valence-electron chi connectivity index (χ4n) is 2.30. The van der Waals surface area contributed by atoms with Crippen molar-refractivity contribution >= 4 is 22.0 Å². The van der Waals surface area contributed by atoms with Gasteiger partial charge in [-0.15, -0.1) is 0 Å². The fraction of sp³-hybridized carbons (Fsp3) is 0.857. The standard InChI is InChI=1S/C14H27N3O5S/c1-5-6-16(13(19)22-14(2,3)4)7-8-17-10-11(9-12(17)18)23(15,20)21/h11H,5-10H2,1-4H3,(H2,15,20,21). The number of sulfonamides is 1. The van der Waals surface area contributed by atoms with E-state index in [4.69, 9.17) is 9.88 Å². The Morgan fingerprint density at radius 3 is 2.43 bits per heavy atom. The number of carbonyl (C=O) groups excluding carboxylic acids is 2. The van der Waals surface area contributed by atoms with Crippen molar-refractivity contribution in [3.63, 3.8) is 0 Å². The molecular formula is C14H27N3O5S. The molecule has 9 heteroatoms. The van der Waals surface area contributed by atoms with Gasteiger partial charge >= 0.3 is 6.09 Å². The average molecular weight is 349 g/mol. The molecular weight excluding hydrogens is 322 g/mol. The van der Waals surface area contributed by atoms with E-state index in [0.29, 0.717) is 13.1 Å². The van der Waals surface area contributed by atoms with Gasteiger partial charge < -0.3 is 14.5 Å². The third kappa shape index (κ3) is 6.34. The molecule has 8 nitrogen and oxygen atoms in total. The van der Waals surface area contributed by atoms with Crippen molar-refractivity contribution in [1.29, 1.82) is 0 Å². The molecule has 0 aromatic carbocycles. The smallest absolute Gasteiger partial charge is 0.410 e. The summed E-state index contributed by atoms with van der Waals surface area (Å²) in [6, 6.07) is 0. The number of likely N-dealkylation sites (tertiary alicyclic amines) is 1. The van der Waals surface area contributed by atoms with Gasteiger partial charge in [0.25, 0.3) is 0 Å². The van der Waals surface area contributed by atoms with Crippen LogP contribution in [0.1, 0.15) is 40.5 Å². The lowest BCUT2D eigenvalue weighted by Crippen LogP contribution is -2.42. The summed E-state index contributed by atoms with van der Waals surface area (Å²) < 4.78 is 28.0. The van der Waals surface area contributed by atoms with Crippen molar-refractivity contribution in [1.82, 2.24) is 9.80 Å². The molecule has 1 heterocycles. The van der Waals surface area contributed by atoms with E-state index in [0.717, 1.165) is 6.42 Å². The quantitative estimate of drug-likeness (QED) is 0.752. The van der Waals surface area contributed by atoms with Crippen LogP contribution in [0.3, 0.4) is 0 Å². The summed E-state index contributed by atoms with van der Waals surface area (Å²) in [7, 11) is -3.73. The largest absolute Gasteiger partial charge is 0.444 e. The van der Waals surface area contributed by atoms with Crippen LogP contribution in [0.5, 0.6) is 0 Å². The zero-order valence-corrected chi connectivity index (χ0v) is 15.1. The second-order valence-corrected chi connectivity index (χ2v) is 8.57. The van der Waals surface area contributed by atoms with Gasteiger partial charge in [-0.25, -0.2) is 18.4 Å². The summed E-state index contributed by atoms with van der Waals surface area (Å²) in [6.07, 6.45) is 0.223. The molecule has 0 saturated carbocycles. The maximum atomic E-state index is 12.1. The van der Waals surface area contributed by atoms with Crippen LogP contribution in [0.4, 0.5) is 4.79 Å². The summed E-state index contributed by atoms with van der Waals surface area (Å²) >= 11 is 0. The molecule has 1 atom stereocenters. The molecule has 0 aromatic heterocycles. The molecule has 0 bridgehead atoms. The number of hydrogen-bond donors (Lipinski definition) is 1. The highest BCUT2D eigenvalue weighted by molar-refractivity contribution is 7.89. The predicted octanol–water partition coefficient (Wildman–Crippen LogP) is 0.523. The van der Waals surface area contributed by atoms with Gasteiger partial charge in [-0.1, -0.05) is 6.92 Å². The summed E-state index contributed by atoms with van der Waals surface area (Å²) in [5.74, 6) is -0.260. The summed E-state index contributed by atoms with van der Waals surface area (Å²) in [4.78, 5) is 27.0. The van der Waals surface area contributed by atoms with E-state index >= 15 is 0 Å². The second-order valence-electron chi connectivity index (χ2n) is 6.72. The number of primary sulfonamides is 1. The van der Waals surface area contributed by atoms with Crippen molar-refractivity contribution in [2.75, 3.05) is 26.2 Å². The van der Waals surface area contributed by atoms with Crippen LogP contribution in [0, 0.1) is 0 Å². The molecule has 2 amide bonds. The first kappa shape index (κ1) is 19.7. The maximum absolute atomic E-state index is 12.1. The lowest BCUT2D eigenvalue weighted by molar-refractivity contribution is -0.127. The molecule has 1 unspecified atom stereocenters. The number of nitrogens with two attached hydrogens (primary N) is 1. The van der Waals surface area contributed by atoms with Gasteiger partial charge in [-0.05, 0) is 27.2 Å². The number of hydrogen-bond acceptors (Lipinski definition) is 5. The maximum Gasteiger partial charge on any atom is 0.410 e. The van der Waals surface area contributed by atoms with Crippen LogP contribution in [0.2, 0.25) is 0 Å². The van der Waals surface area contributed by atoms with Gasteiger partial charge in [-0.3, -0.25) is 4.79 Å². The van der Waals surface area contributed by atoms with Crippen LogP contribution in [0.15, 0.2) is 0 Å². The Morgan fingerprint density at radius 1 is 1.39 bits per heavy atom. The van der Waals surface area contributed by atoms with Crippen LogP contribution in [-0.4, -0.2) is 67.2 Å². The van der Waals surface area contributed by atoms with Gasteiger partial charge in [0.1, 0.15) is 10.9 Å². The number of carbonyl (C=O) groups is 2. The Labute approximate surface area is 138 Å². The summed E-state index contributed by atoms with van der Waals surface area (Å²) in [5.41, 5.74) is -0.592. The number of nitrogens with zero attached hydrogens (tertiary/aromatic N) is 2. The van der Waals surface area contributed by atoms with Gasteiger partial charge in [0.05, 0.1) is 0 Å². The summed E-state index contributed by atoms with van der Waals surface area (Å²) in [5, 5.41) is 4.23. The fourth-order valence-corrected chi connectivity index (χ4v) is 3.07. The Bertz CT molecular complexity index is 541. The van der Waals surface area contributed by atoms with Crippen LogP contribution in [0.25, 0.3) is 0 Å². The molecule has 0 aromatic rings. The first-order chi connectivity index (χ1) is 10.4. The lowest BCUT2D eigenvalue weighted by Gasteiger charge is -2.28. The molecule has 0 aliphatic carbocycles. The molecule has 0 spiro atoms. The zero-order valence-electron chi connectivity index (χ0n) is 14.2. The zero-order chi connectivity index (χ0) is 17.8. The van der Waals surface area contributed by atoms with Crippen molar-refractivity contribution in [3.05, 3.63) is 0 Å². The minimum Gasteiger partial charge on any atom is -0.444 e. The number of rotatable bonds is 6. The minimum atomic E-state index is -3.73. The monoisotopic (exact) mass is 349 g/mol. The Morgan fingerprint density at radius 2 is 2.00 bits per heavy atom. The first-order valence-electron chi connectivity index (χ1n) is 7.71. The molecule has 0 radical (unpaired) electrons.